The zero-order valence-electron chi connectivity index (χ0n) is 10.9. The van der Waals surface area contributed by atoms with Gasteiger partial charge < -0.3 is 15.1 Å². The molecule has 98 valence electrons. The lowest BCUT2D eigenvalue weighted by atomic mass is 9.93. The van der Waals surface area contributed by atoms with Crippen LogP contribution in [0.1, 0.15) is 18.5 Å². The summed E-state index contributed by atoms with van der Waals surface area (Å²) in [6, 6.07) is 5.99. The summed E-state index contributed by atoms with van der Waals surface area (Å²) in [5.74, 6) is -0.0986. The zero-order valence-corrected chi connectivity index (χ0v) is 10.9. The Hall–Kier alpha value is -1.59. The van der Waals surface area contributed by atoms with Crippen LogP contribution in [0.4, 0.5) is 0 Å². The second-order valence-electron chi connectivity index (χ2n) is 4.89. The van der Waals surface area contributed by atoms with E-state index < -0.39 is 5.76 Å². The molecule has 2 aromatic rings. The van der Waals surface area contributed by atoms with E-state index in [1.165, 1.54) is 0 Å². The number of hydrogen-bond acceptors (Lipinski definition) is 4. The Morgan fingerprint density at radius 1 is 1.44 bits per heavy atom. The molecule has 0 aliphatic carbocycles. The molecule has 5 nitrogen and oxygen atoms in total. The topological polar surface area (TPSA) is 75.3 Å². The summed E-state index contributed by atoms with van der Waals surface area (Å²) in [4.78, 5) is 15.9. The van der Waals surface area contributed by atoms with Crippen molar-refractivity contribution in [3.05, 3.63) is 34.3 Å². The number of nitrogens with two attached hydrogens (primary N) is 1. The fourth-order valence-corrected chi connectivity index (χ4v) is 2.41. The second kappa shape index (κ2) is 4.96. The Morgan fingerprint density at radius 3 is 2.78 bits per heavy atom. The van der Waals surface area contributed by atoms with Gasteiger partial charge in [0, 0.05) is 6.04 Å². The summed E-state index contributed by atoms with van der Waals surface area (Å²) >= 11 is 0. The van der Waals surface area contributed by atoms with Crippen LogP contribution in [-0.2, 0) is 0 Å². The number of fused-ring (bicyclic) bond motifs is 1. The summed E-state index contributed by atoms with van der Waals surface area (Å²) in [7, 11) is 4.04. The number of aromatic amines is 1. The van der Waals surface area contributed by atoms with Crippen LogP contribution in [0.15, 0.2) is 27.4 Å². The van der Waals surface area contributed by atoms with Crippen LogP contribution in [0.3, 0.4) is 0 Å². The lowest BCUT2D eigenvalue weighted by Crippen LogP contribution is -2.30. The van der Waals surface area contributed by atoms with Crippen molar-refractivity contribution in [2.45, 2.75) is 13.0 Å². The Morgan fingerprint density at radius 2 is 2.17 bits per heavy atom. The van der Waals surface area contributed by atoms with Crippen molar-refractivity contribution >= 4 is 11.1 Å². The highest BCUT2D eigenvalue weighted by molar-refractivity contribution is 5.72. The minimum atomic E-state index is -0.421. The van der Waals surface area contributed by atoms with E-state index in [-0.39, 0.29) is 6.04 Å². The van der Waals surface area contributed by atoms with Crippen molar-refractivity contribution in [3.8, 4) is 0 Å². The molecule has 2 atom stereocenters. The average Bonchev–Trinajstić information content (AvgIpc) is 2.68. The van der Waals surface area contributed by atoms with Gasteiger partial charge in [-0.3, -0.25) is 4.98 Å². The minimum Gasteiger partial charge on any atom is -0.408 e. The number of nitrogens with zero attached hydrogens (tertiary/aromatic N) is 1. The van der Waals surface area contributed by atoms with Crippen molar-refractivity contribution in [2.24, 2.45) is 11.7 Å². The molecule has 0 amide bonds. The standard InChI is InChI=1S/C13H19N3O2/c1-8(7-14)12(16(2)3)9-4-5-10-11(6-9)18-13(17)15-10/h4-6,8,12H,7,14H2,1-3H3,(H,15,17). The summed E-state index contributed by atoms with van der Waals surface area (Å²) in [5.41, 5.74) is 8.18. The number of oxazole rings is 1. The van der Waals surface area contributed by atoms with Gasteiger partial charge in [0.25, 0.3) is 0 Å². The number of aromatic nitrogens is 1. The van der Waals surface area contributed by atoms with Crippen LogP contribution in [0.2, 0.25) is 0 Å². The fraction of sp³-hybridized carbons (Fsp3) is 0.462. The van der Waals surface area contributed by atoms with Crippen molar-refractivity contribution in [1.82, 2.24) is 9.88 Å². The summed E-state index contributed by atoms with van der Waals surface area (Å²) < 4.78 is 5.09. The summed E-state index contributed by atoms with van der Waals surface area (Å²) in [6.45, 7) is 2.72. The molecule has 1 heterocycles. The van der Waals surface area contributed by atoms with E-state index in [0.29, 0.717) is 18.0 Å². The van der Waals surface area contributed by atoms with E-state index in [1.54, 1.807) is 0 Å². The third kappa shape index (κ3) is 2.32. The van der Waals surface area contributed by atoms with Crippen LogP contribution in [0.5, 0.6) is 0 Å². The Balaban J connectivity index is 2.47. The maximum absolute atomic E-state index is 11.1. The molecule has 2 unspecified atom stereocenters. The van der Waals surface area contributed by atoms with E-state index in [9.17, 15) is 4.79 Å². The Kier molecular flexibility index (Phi) is 3.54. The first-order valence-electron chi connectivity index (χ1n) is 6.02. The number of hydrogen-bond donors (Lipinski definition) is 2. The monoisotopic (exact) mass is 249 g/mol. The smallest absolute Gasteiger partial charge is 0.408 e. The zero-order chi connectivity index (χ0) is 13.3. The third-order valence-corrected chi connectivity index (χ3v) is 3.25. The number of rotatable bonds is 4. The molecule has 0 radical (unpaired) electrons. The molecule has 0 aliphatic heterocycles. The average molecular weight is 249 g/mol. The van der Waals surface area contributed by atoms with Gasteiger partial charge in [-0.2, -0.15) is 0 Å². The third-order valence-electron chi connectivity index (χ3n) is 3.25. The van der Waals surface area contributed by atoms with Crippen molar-refractivity contribution < 1.29 is 4.42 Å². The molecule has 0 aliphatic rings. The SMILES string of the molecule is CC(CN)C(c1ccc2[nH]c(=O)oc2c1)N(C)C. The van der Waals surface area contributed by atoms with E-state index in [1.807, 2.05) is 32.3 Å². The van der Waals surface area contributed by atoms with Crippen molar-refractivity contribution in [2.75, 3.05) is 20.6 Å². The van der Waals surface area contributed by atoms with Crippen LogP contribution in [-0.4, -0.2) is 30.5 Å². The minimum absolute atomic E-state index is 0.208. The van der Waals surface area contributed by atoms with Crippen LogP contribution >= 0.6 is 0 Å². The van der Waals surface area contributed by atoms with E-state index in [2.05, 4.69) is 16.8 Å². The van der Waals surface area contributed by atoms with Gasteiger partial charge >= 0.3 is 5.76 Å². The van der Waals surface area contributed by atoms with Gasteiger partial charge in [-0.15, -0.1) is 0 Å². The normalized spacial score (nSPS) is 15.2. The van der Waals surface area contributed by atoms with Crippen LogP contribution in [0, 0.1) is 5.92 Å². The first kappa shape index (κ1) is 12.9. The molecule has 0 spiro atoms. The van der Waals surface area contributed by atoms with Gasteiger partial charge in [-0.05, 0) is 44.3 Å². The fourth-order valence-electron chi connectivity index (χ4n) is 2.41. The van der Waals surface area contributed by atoms with Crippen LogP contribution in [0.25, 0.3) is 11.1 Å². The molecule has 1 aromatic heterocycles. The van der Waals surface area contributed by atoms with Gasteiger partial charge in [-0.1, -0.05) is 13.0 Å². The molecule has 18 heavy (non-hydrogen) atoms. The summed E-state index contributed by atoms with van der Waals surface area (Å²) in [6.07, 6.45) is 0. The molecule has 3 N–H and O–H groups in total. The molecule has 0 bridgehead atoms. The highest BCUT2D eigenvalue weighted by atomic mass is 16.4. The van der Waals surface area contributed by atoms with E-state index in [4.69, 9.17) is 10.2 Å². The van der Waals surface area contributed by atoms with E-state index in [0.717, 1.165) is 11.1 Å². The van der Waals surface area contributed by atoms with Gasteiger partial charge in [0.05, 0.1) is 5.52 Å². The van der Waals surface area contributed by atoms with Crippen molar-refractivity contribution in [3.63, 3.8) is 0 Å². The maximum atomic E-state index is 11.1. The van der Waals surface area contributed by atoms with Crippen molar-refractivity contribution in [1.29, 1.82) is 0 Å². The molecule has 0 saturated heterocycles. The molecular formula is C13H19N3O2. The largest absolute Gasteiger partial charge is 0.417 e. The first-order chi connectivity index (χ1) is 8.52. The number of H-pyrrole nitrogens is 1. The van der Waals surface area contributed by atoms with Crippen LogP contribution < -0.4 is 11.5 Å². The van der Waals surface area contributed by atoms with Gasteiger partial charge in [0.1, 0.15) is 0 Å². The van der Waals surface area contributed by atoms with Gasteiger partial charge in [-0.25, -0.2) is 4.79 Å². The lowest BCUT2D eigenvalue weighted by Gasteiger charge is -2.29. The first-order valence-corrected chi connectivity index (χ1v) is 6.02. The second-order valence-corrected chi connectivity index (χ2v) is 4.89. The predicted octanol–water partition coefficient (Wildman–Crippen LogP) is 1.32. The van der Waals surface area contributed by atoms with Gasteiger partial charge in [0.15, 0.2) is 5.58 Å². The molecule has 0 fully saturated rings. The summed E-state index contributed by atoms with van der Waals surface area (Å²) in [5, 5.41) is 0. The molecule has 0 saturated carbocycles. The molecular weight excluding hydrogens is 230 g/mol. The number of nitrogens with one attached hydrogen (secondary N) is 1. The number of benzene rings is 1. The van der Waals surface area contributed by atoms with Gasteiger partial charge in [0.2, 0.25) is 0 Å². The highest BCUT2D eigenvalue weighted by Gasteiger charge is 2.21. The highest BCUT2D eigenvalue weighted by Crippen LogP contribution is 2.28. The quantitative estimate of drug-likeness (QED) is 0.857. The Labute approximate surface area is 106 Å². The lowest BCUT2D eigenvalue weighted by molar-refractivity contribution is 0.227. The Bertz CT molecular complexity index is 585. The maximum Gasteiger partial charge on any atom is 0.417 e. The molecule has 2 rings (SSSR count). The predicted molar refractivity (Wildman–Crippen MR) is 71.5 cm³/mol. The molecule has 1 aromatic carbocycles. The molecule has 5 heteroatoms. The van der Waals surface area contributed by atoms with E-state index >= 15 is 0 Å².